The number of pyridine rings is 1. The summed E-state index contributed by atoms with van der Waals surface area (Å²) in [6.07, 6.45) is -23.1. The number of hydrogen-bond donors (Lipinski definition) is 2. The van der Waals surface area contributed by atoms with Crippen molar-refractivity contribution in [3.05, 3.63) is 29.1 Å². The molecule has 0 saturated heterocycles. The van der Waals surface area contributed by atoms with Crippen molar-refractivity contribution in [2.45, 2.75) is 37.2 Å². The van der Waals surface area contributed by atoms with Crippen LogP contribution in [0.1, 0.15) is 29.5 Å². The molecule has 1 aromatic rings. The van der Waals surface area contributed by atoms with Crippen molar-refractivity contribution < 1.29 is 66.8 Å². The van der Waals surface area contributed by atoms with Gasteiger partial charge in [-0.1, -0.05) is 6.07 Å². The summed E-state index contributed by atoms with van der Waals surface area (Å²) in [5.41, 5.74) is -5.39. The predicted molar refractivity (Wildman–Crippen MR) is 55.9 cm³/mol. The maximum atomic E-state index is 12.7. The fraction of sp³-hybridized carbons (Fsp3) is 0.545. The number of aliphatic hydroxyl groups excluding tert-OH is 2. The van der Waals surface area contributed by atoms with Crippen LogP contribution in [0, 0.1) is 0 Å². The average Bonchev–Trinajstić information content (AvgIpc) is 2.34. The minimum Gasteiger partial charge on any atom is -0.388 e. The van der Waals surface area contributed by atoms with E-state index >= 15 is 0 Å². The van der Waals surface area contributed by atoms with Crippen molar-refractivity contribution in [3.63, 3.8) is 0 Å². The van der Waals surface area contributed by atoms with E-state index in [9.17, 15) is 44.6 Å². The Kier molecular flexibility index (Phi) is 7.14. The Morgan fingerprint density at radius 1 is 0.875 bits per heavy atom. The molecule has 0 aliphatic rings. The Hall–Kier alpha value is -1.04. The Balaban J connectivity index is 0.00000529. The summed E-state index contributed by atoms with van der Waals surface area (Å²) < 4.78 is 112. The van der Waals surface area contributed by atoms with Crippen LogP contribution in [0.15, 0.2) is 12.1 Å². The molecule has 1 rings (SSSR count). The molecule has 2 N–H and O–H groups in total. The van der Waals surface area contributed by atoms with Crippen molar-refractivity contribution in [3.8, 4) is 0 Å². The molecule has 3 nitrogen and oxygen atoms in total. The molecule has 0 amide bonds. The molecule has 1 heterocycles. The van der Waals surface area contributed by atoms with Gasteiger partial charge < -0.3 is 10.2 Å². The second kappa shape index (κ2) is 7.46. The van der Waals surface area contributed by atoms with Gasteiger partial charge in [-0.05, 0) is 6.07 Å². The average molecular weight is 421 g/mol. The SMILES string of the molecule is OC(CC(O)C(F)(F)F)c1ccc(C(F)(F)F)nc1C(F)(F)F.[Cu]. The van der Waals surface area contributed by atoms with Gasteiger partial charge in [-0.25, -0.2) is 4.98 Å². The summed E-state index contributed by atoms with van der Waals surface area (Å²) in [4.78, 5) is 2.33. The number of rotatable bonds is 3. The van der Waals surface area contributed by atoms with Crippen molar-refractivity contribution in [1.82, 2.24) is 4.98 Å². The largest absolute Gasteiger partial charge is 0.433 e. The predicted octanol–water partition coefficient (Wildman–Crippen LogP) is 3.46. The van der Waals surface area contributed by atoms with E-state index in [4.69, 9.17) is 5.11 Å². The third-order valence-electron chi connectivity index (χ3n) is 2.67. The van der Waals surface area contributed by atoms with Crippen molar-refractivity contribution in [1.29, 1.82) is 0 Å². The number of halogens is 9. The van der Waals surface area contributed by atoms with Gasteiger partial charge in [-0.3, -0.25) is 0 Å². The van der Waals surface area contributed by atoms with Crippen LogP contribution in [-0.2, 0) is 29.4 Å². The number of aliphatic hydroxyl groups is 2. The molecule has 0 bridgehead atoms. The third kappa shape index (κ3) is 5.79. The summed E-state index contributed by atoms with van der Waals surface area (Å²) in [6.45, 7) is 0. The summed E-state index contributed by atoms with van der Waals surface area (Å²) in [5, 5.41) is 18.1. The molecule has 143 valence electrons. The number of aromatic nitrogens is 1. The van der Waals surface area contributed by atoms with Crippen LogP contribution >= 0.6 is 0 Å². The second-order valence-electron chi connectivity index (χ2n) is 4.44. The monoisotopic (exact) mass is 420 g/mol. The normalized spacial score (nSPS) is 15.6. The smallest absolute Gasteiger partial charge is 0.388 e. The molecule has 24 heavy (non-hydrogen) atoms. The van der Waals surface area contributed by atoms with E-state index in [0.717, 1.165) is 0 Å². The van der Waals surface area contributed by atoms with Crippen LogP contribution in [-0.4, -0.2) is 27.5 Å². The molecular formula is C11H8CuF9NO2. The van der Waals surface area contributed by atoms with E-state index in [1.54, 1.807) is 0 Å². The van der Waals surface area contributed by atoms with Crippen LogP contribution in [0.25, 0.3) is 0 Å². The molecule has 1 aromatic heterocycles. The first-order valence-electron chi connectivity index (χ1n) is 5.72. The fourth-order valence-electron chi connectivity index (χ4n) is 1.60. The first-order chi connectivity index (χ1) is 10.1. The Labute approximate surface area is 139 Å². The Bertz CT molecular complexity index is 556. The fourth-order valence-corrected chi connectivity index (χ4v) is 1.60. The first kappa shape index (κ1) is 23.0. The molecule has 2 atom stereocenters. The van der Waals surface area contributed by atoms with Gasteiger partial charge in [0.15, 0.2) is 11.8 Å². The zero-order valence-corrected chi connectivity index (χ0v) is 12.0. The summed E-state index contributed by atoms with van der Waals surface area (Å²) >= 11 is 0. The van der Waals surface area contributed by atoms with Gasteiger partial charge in [0.1, 0.15) is 5.69 Å². The minimum absolute atomic E-state index is 0. The Morgan fingerprint density at radius 3 is 1.75 bits per heavy atom. The molecule has 2 unspecified atom stereocenters. The van der Waals surface area contributed by atoms with Gasteiger partial charge in [0, 0.05) is 29.1 Å². The van der Waals surface area contributed by atoms with E-state index < -0.39 is 54.1 Å². The van der Waals surface area contributed by atoms with E-state index in [0.29, 0.717) is 0 Å². The van der Waals surface area contributed by atoms with E-state index in [-0.39, 0.29) is 29.2 Å². The molecule has 0 fully saturated rings. The van der Waals surface area contributed by atoms with Gasteiger partial charge in [0.2, 0.25) is 0 Å². The molecule has 0 aliphatic heterocycles. The van der Waals surface area contributed by atoms with Gasteiger partial charge in [-0.2, -0.15) is 39.5 Å². The van der Waals surface area contributed by atoms with Crippen LogP contribution in [0.5, 0.6) is 0 Å². The van der Waals surface area contributed by atoms with Gasteiger partial charge >= 0.3 is 18.5 Å². The summed E-state index contributed by atoms with van der Waals surface area (Å²) in [6, 6.07) is 0.264. The molecule has 0 aromatic carbocycles. The zero-order chi connectivity index (χ0) is 18.2. The molecule has 0 saturated carbocycles. The van der Waals surface area contributed by atoms with Crippen LogP contribution in [0.2, 0.25) is 0 Å². The minimum atomic E-state index is -5.44. The number of nitrogens with zero attached hydrogens (tertiary/aromatic N) is 1. The standard InChI is InChI=1S/C11H8F9NO2.Cu/c12-9(13,14)6-2-1-4(8(21-6)11(18,19)20)5(22)3-7(23)10(15,16)17;/h1-2,5,7,22-23H,3H2;. The van der Waals surface area contributed by atoms with Gasteiger partial charge in [-0.15, -0.1) is 0 Å². The molecular weight excluding hydrogens is 413 g/mol. The Morgan fingerprint density at radius 2 is 1.38 bits per heavy atom. The van der Waals surface area contributed by atoms with Crippen molar-refractivity contribution >= 4 is 0 Å². The van der Waals surface area contributed by atoms with Crippen LogP contribution < -0.4 is 0 Å². The van der Waals surface area contributed by atoms with Gasteiger partial charge in [0.05, 0.1) is 6.10 Å². The maximum absolute atomic E-state index is 12.7. The van der Waals surface area contributed by atoms with Crippen LogP contribution in [0.3, 0.4) is 0 Å². The van der Waals surface area contributed by atoms with E-state index in [2.05, 4.69) is 4.98 Å². The topological polar surface area (TPSA) is 53.4 Å². The molecule has 1 radical (unpaired) electrons. The van der Waals surface area contributed by atoms with Crippen molar-refractivity contribution in [2.24, 2.45) is 0 Å². The number of hydrogen-bond acceptors (Lipinski definition) is 3. The number of alkyl halides is 9. The van der Waals surface area contributed by atoms with Crippen LogP contribution in [0.4, 0.5) is 39.5 Å². The first-order valence-corrected chi connectivity index (χ1v) is 5.72. The van der Waals surface area contributed by atoms with E-state index in [1.165, 1.54) is 0 Å². The van der Waals surface area contributed by atoms with Gasteiger partial charge in [0.25, 0.3) is 0 Å². The summed E-state index contributed by atoms with van der Waals surface area (Å²) in [5.74, 6) is 0. The summed E-state index contributed by atoms with van der Waals surface area (Å²) in [7, 11) is 0. The maximum Gasteiger partial charge on any atom is 0.433 e. The van der Waals surface area contributed by atoms with E-state index in [1.807, 2.05) is 0 Å². The molecule has 0 aliphatic carbocycles. The quantitative estimate of drug-likeness (QED) is 0.581. The third-order valence-corrected chi connectivity index (χ3v) is 2.67. The molecule has 0 spiro atoms. The van der Waals surface area contributed by atoms with Crippen molar-refractivity contribution in [2.75, 3.05) is 0 Å². The zero-order valence-electron chi connectivity index (χ0n) is 11.1. The molecule has 13 heteroatoms. The second-order valence-corrected chi connectivity index (χ2v) is 4.44.